The van der Waals surface area contributed by atoms with Gasteiger partial charge >= 0.3 is 5.97 Å². The number of hydrogen-bond acceptors (Lipinski definition) is 4. The molecule has 0 unspecified atom stereocenters. The minimum Gasteiger partial charge on any atom is -0.451 e. The van der Waals surface area contributed by atoms with Gasteiger partial charge in [0.25, 0.3) is 5.91 Å². The second kappa shape index (κ2) is 9.53. The Balaban J connectivity index is 1.62. The van der Waals surface area contributed by atoms with E-state index in [1.807, 2.05) is 35.2 Å². The standard InChI is InChI=1S/C22H28N2O4/c1-16(25)23-19(14-17-8-3-2-4-9-17)22(27)28-15-21(26)24-13-7-11-18-10-5-6-12-20(18)24/h2-4,8-9,14,18,20H,5-7,10-13,15H2,1H3,(H,23,25)/b19-14-/t18-,20-/m0/s1. The summed E-state index contributed by atoms with van der Waals surface area (Å²) in [5.74, 6) is -0.641. The zero-order valence-corrected chi connectivity index (χ0v) is 16.4. The third-order valence-corrected chi connectivity index (χ3v) is 5.53. The first-order valence-corrected chi connectivity index (χ1v) is 10.1. The van der Waals surface area contributed by atoms with Crippen molar-refractivity contribution in [1.82, 2.24) is 10.2 Å². The van der Waals surface area contributed by atoms with Gasteiger partial charge in [0.1, 0.15) is 5.70 Å². The Bertz CT molecular complexity index is 742. The number of hydrogen-bond donors (Lipinski definition) is 1. The fourth-order valence-corrected chi connectivity index (χ4v) is 4.27. The summed E-state index contributed by atoms with van der Waals surface area (Å²) >= 11 is 0. The zero-order chi connectivity index (χ0) is 19.9. The molecule has 2 aliphatic rings. The highest BCUT2D eigenvalue weighted by Crippen LogP contribution is 2.35. The number of carbonyl (C=O) groups excluding carboxylic acids is 3. The first kappa shape index (κ1) is 20.1. The number of nitrogens with one attached hydrogen (secondary N) is 1. The summed E-state index contributed by atoms with van der Waals surface area (Å²) in [7, 11) is 0. The third-order valence-electron chi connectivity index (χ3n) is 5.53. The van der Waals surface area contributed by atoms with Gasteiger partial charge in [-0.3, -0.25) is 9.59 Å². The van der Waals surface area contributed by atoms with E-state index >= 15 is 0 Å². The summed E-state index contributed by atoms with van der Waals surface area (Å²) < 4.78 is 5.26. The summed E-state index contributed by atoms with van der Waals surface area (Å²) in [5, 5.41) is 2.50. The van der Waals surface area contributed by atoms with E-state index < -0.39 is 5.97 Å². The van der Waals surface area contributed by atoms with E-state index in [4.69, 9.17) is 4.74 Å². The highest BCUT2D eigenvalue weighted by atomic mass is 16.5. The molecule has 1 saturated carbocycles. The van der Waals surface area contributed by atoms with Gasteiger partial charge in [0.2, 0.25) is 5.91 Å². The molecular weight excluding hydrogens is 356 g/mol. The lowest BCUT2D eigenvalue weighted by atomic mass is 9.78. The molecule has 2 atom stereocenters. The topological polar surface area (TPSA) is 75.7 Å². The van der Waals surface area contributed by atoms with Crippen molar-refractivity contribution in [1.29, 1.82) is 0 Å². The summed E-state index contributed by atoms with van der Waals surface area (Å²) in [4.78, 5) is 38.5. The maximum atomic E-state index is 12.7. The molecule has 0 bridgehead atoms. The average molecular weight is 384 g/mol. The van der Waals surface area contributed by atoms with Gasteiger partial charge in [-0.05, 0) is 43.2 Å². The predicted molar refractivity (Wildman–Crippen MR) is 106 cm³/mol. The molecule has 1 saturated heterocycles. The minimum absolute atomic E-state index is 0.0284. The number of likely N-dealkylation sites (tertiary alicyclic amines) is 1. The molecule has 3 rings (SSSR count). The molecule has 1 N–H and O–H groups in total. The number of fused-ring (bicyclic) bond motifs is 1. The van der Waals surface area contributed by atoms with Crippen molar-refractivity contribution >= 4 is 23.9 Å². The first-order valence-electron chi connectivity index (χ1n) is 10.1. The van der Waals surface area contributed by atoms with Gasteiger partial charge in [0.05, 0.1) is 0 Å². The van der Waals surface area contributed by atoms with Crippen LogP contribution in [0.1, 0.15) is 51.0 Å². The number of rotatable bonds is 5. The predicted octanol–water partition coefficient (Wildman–Crippen LogP) is 2.89. The van der Waals surface area contributed by atoms with Gasteiger partial charge in [-0.15, -0.1) is 0 Å². The molecule has 1 aliphatic carbocycles. The van der Waals surface area contributed by atoms with E-state index in [1.165, 1.54) is 26.2 Å². The Morgan fingerprint density at radius 3 is 2.57 bits per heavy atom. The third kappa shape index (κ3) is 5.21. The van der Waals surface area contributed by atoms with Crippen molar-refractivity contribution in [3.8, 4) is 0 Å². The van der Waals surface area contributed by atoms with Crippen molar-refractivity contribution in [2.24, 2.45) is 5.92 Å². The zero-order valence-electron chi connectivity index (χ0n) is 16.4. The molecule has 1 aromatic carbocycles. The van der Waals surface area contributed by atoms with E-state index in [0.29, 0.717) is 5.92 Å². The number of carbonyl (C=O) groups is 3. The summed E-state index contributed by atoms with van der Waals surface area (Å²) in [5.41, 5.74) is 0.788. The van der Waals surface area contributed by atoms with E-state index in [-0.39, 0.29) is 30.2 Å². The minimum atomic E-state index is -0.704. The molecule has 2 amide bonds. The van der Waals surface area contributed by atoms with Gasteiger partial charge in [0, 0.05) is 19.5 Å². The summed E-state index contributed by atoms with van der Waals surface area (Å²) in [6.45, 7) is 1.76. The van der Waals surface area contributed by atoms with Crippen LogP contribution in [-0.2, 0) is 19.1 Å². The Hall–Kier alpha value is -2.63. The molecule has 0 aromatic heterocycles. The lowest BCUT2D eigenvalue weighted by molar-refractivity contribution is -0.152. The van der Waals surface area contributed by atoms with E-state index in [0.717, 1.165) is 31.4 Å². The number of esters is 1. The van der Waals surface area contributed by atoms with Crippen molar-refractivity contribution in [2.45, 2.75) is 51.5 Å². The van der Waals surface area contributed by atoms with Gasteiger partial charge in [-0.1, -0.05) is 43.2 Å². The Kier molecular flexibility index (Phi) is 6.85. The molecule has 150 valence electrons. The molecule has 1 aliphatic heterocycles. The summed E-state index contributed by atoms with van der Waals surface area (Å²) in [6.07, 6.45) is 8.34. The molecule has 1 heterocycles. The molecule has 0 spiro atoms. The molecule has 28 heavy (non-hydrogen) atoms. The van der Waals surface area contributed by atoms with Crippen LogP contribution in [0.3, 0.4) is 0 Å². The SMILES string of the molecule is CC(=O)N/C(=C\c1ccccc1)C(=O)OCC(=O)N1CCC[C@@H]2CCCC[C@@H]21. The van der Waals surface area contributed by atoms with E-state index in [2.05, 4.69) is 5.32 Å². The van der Waals surface area contributed by atoms with Crippen LogP contribution in [0.15, 0.2) is 36.0 Å². The number of ether oxygens (including phenoxy) is 1. The maximum Gasteiger partial charge on any atom is 0.355 e. The number of amides is 2. The molecule has 0 radical (unpaired) electrons. The normalized spacial score (nSPS) is 22.2. The molecule has 1 aromatic rings. The first-order chi connectivity index (χ1) is 13.5. The van der Waals surface area contributed by atoms with Gasteiger partial charge in [-0.2, -0.15) is 0 Å². The van der Waals surface area contributed by atoms with Crippen molar-refractivity contribution in [2.75, 3.05) is 13.2 Å². The van der Waals surface area contributed by atoms with Crippen LogP contribution in [-0.4, -0.2) is 41.9 Å². The largest absolute Gasteiger partial charge is 0.451 e. The number of nitrogens with zero attached hydrogens (tertiary/aromatic N) is 1. The van der Waals surface area contributed by atoms with Crippen LogP contribution in [0.5, 0.6) is 0 Å². The highest BCUT2D eigenvalue weighted by Gasteiger charge is 2.35. The molecule has 6 nitrogen and oxygen atoms in total. The number of benzene rings is 1. The van der Waals surface area contributed by atoms with Crippen LogP contribution >= 0.6 is 0 Å². The van der Waals surface area contributed by atoms with Crippen molar-refractivity contribution in [3.63, 3.8) is 0 Å². The average Bonchev–Trinajstić information content (AvgIpc) is 2.71. The highest BCUT2D eigenvalue weighted by molar-refractivity contribution is 5.98. The Morgan fingerprint density at radius 2 is 1.82 bits per heavy atom. The van der Waals surface area contributed by atoms with Gasteiger partial charge in [-0.25, -0.2) is 4.79 Å². The van der Waals surface area contributed by atoms with Crippen LogP contribution in [0.25, 0.3) is 6.08 Å². The maximum absolute atomic E-state index is 12.7. The van der Waals surface area contributed by atoms with Gasteiger partial charge < -0.3 is 15.0 Å². The Morgan fingerprint density at radius 1 is 1.11 bits per heavy atom. The monoisotopic (exact) mass is 384 g/mol. The smallest absolute Gasteiger partial charge is 0.355 e. The molecule has 6 heteroatoms. The molecule has 2 fully saturated rings. The summed E-state index contributed by atoms with van der Waals surface area (Å²) in [6, 6.07) is 9.45. The van der Waals surface area contributed by atoms with Crippen LogP contribution < -0.4 is 5.32 Å². The Labute approximate surface area is 165 Å². The quantitative estimate of drug-likeness (QED) is 0.626. The van der Waals surface area contributed by atoms with Crippen LogP contribution in [0.4, 0.5) is 0 Å². The van der Waals surface area contributed by atoms with E-state index in [9.17, 15) is 14.4 Å². The van der Waals surface area contributed by atoms with E-state index in [1.54, 1.807) is 6.08 Å². The second-order valence-corrected chi connectivity index (χ2v) is 7.57. The molecular formula is C22H28N2O4. The second-order valence-electron chi connectivity index (χ2n) is 7.57. The fraction of sp³-hybridized carbons (Fsp3) is 0.500. The fourth-order valence-electron chi connectivity index (χ4n) is 4.27. The van der Waals surface area contributed by atoms with Crippen LogP contribution in [0, 0.1) is 5.92 Å². The van der Waals surface area contributed by atoms with Crippen molar-refractivity contribution < 1.29 is 19.1 Å². The van der Waals surface area contributed by atoms with Crippen molar-refractivity contribution in [3.05, 3.63) is 41.6 Å². The lowest BCUT2D eigenvalue weighted by Gasteiger charge is -2.44. The number of piperidine rings is 1. The van der Waals surface area contributed by atoms with Crippen LogP contribution in [0.2, 0.25) is 0 Å². The van der Waals surface area contributed by atoms with Gasteiger partial charge in [0.15, 0.2) is 6.61 Å². The lowest BCUT2D eigenvalue weighted by Crippen LogP contribution is -2.51.